The molecule has 1 unspecified atom stereocenters. The third-order valence-corrected chi connectivity index (χ3v) is 4.21. The van der Waals surface area contributed by atoms with Crippen molar-refractivity contribution in [1.29, 1.82) is 0 Å². The molecule has 0 spiro atoms. The predicted octanol–water partition coefficient (Wildman–Crippen LogP) is 4.02. The van der Waals surface area contributed by atoms with Gasteiger partial charge in [0, 0.05) is 30.4 Å². The molecule has 1 aromatic carbocycles. The molecule has 1 N–H and O–H groups in total. The van der Waals surface area contributed by atoms with Crippen molar-refractivity contribution in [3.8, 4) is 0 Å². The molecule has 0 bridgehead atoms. The van der Waals surface area contributed by atoms with Gasteiger partial charge in [0.25, 0.3) is 0 Å². The zero-order chi connectivity index (χ0) is 13.8. The Hall–Kier alpha value is -1.71. The van der Waals surface area contributed by atoms with E-state index in [1.807, 2.05) is 12.4 Å². The summed E-state index contributed by atoms with van der Waals surface area (Å²) in [5.41, 5.74) is 2.74. The van der Waals surface area contributed by atoms with Crippen LogP contribution in [0.4, 0.5) is 0 Å². The molecule has 20 heavy (non-hydrogen) atoms. The Morgan fingerprint density at radius 1 is 1.15 bits per heavy atom. The topological polar surface area (TPSA) is 24.9 Å². The van der Waals surface area contributed by atoms with E-state index in [9.17, 15) is 0 Å². The first-order valence-electron chi connectivity index (χ1n) is 6.88. The van der Waals surface area contributed by atoms with Gasteiger partial charge in [-0.3, -0.25) is 4.98 Å². The number of aromatic nitrogens is 1. The van der Waals surface area contributed by atoms with Crippen LogP contribution in [0.2, 0.25) is 0 Å². The number of hydrogen-bond acceptors (Lipinski definition) is 3. The lowest BCUT2D eigenvalue weighted by atomic mass is 10.1. The van der Waals surface area contributed by atoms with Crippen LogP contribution in [0.1, 0.15) is 18.1 Å². The summed E-state index contributed by atoms with van der Waals surface area (Å²) in [4.78, 5) is 4.14. The molecule has 2 aromatic heterocycles. The molecule has 102 valence electrons. The molecule has 1 atom stereocenters. The summed E-state index contributed by atoms with van der Waals surface area (Å²) in [7, 11) is 0. The van der Waals surface area contributed by atoms with Gasteiger partial charge in [-0.15, -0.1) is 0 Å². The van der Waals surface area contributed by atoms with Crippen LogP contribution >= 0.6 is 11.3 Å². The average Bonchev–Trinajstić information content (AvgIpc) is 2.98. The first-order chi connectivity index (χ1) is 9.81. The Labute approximate surface area is 123 Å². The van der Waals surface area contributed by atoms with E-state index in [0.717, 1.165) is 13.0 Å². The number of thiophene rings is 1. The summed E-state index contributed by atoms with van der Waals surface area (Å²) in [5.74, 6) is 0. The molecule has 2 nitrogen and oxygen atoms in total. The smallest absolute Gasteiger partial charge is 0.0346 e. The predicted molar refractivity (Wildman–Crippen MR) is 86.1 cm³/mol. The van der Waals surface area contributed by atoms with Crippen molar-refractivity contribution < 1.29 is 0 Å². The molecule has 0 saturated heterocycles. The van der Waals surface area contributed by atoms with Gasteiger partial charge in [0.05, 0.1) is 0 Å². The first-order valence-corrected chi connectivity index (χ1v) is 7.82. The number of benzene rings is 1. The van der Waals surface area contributed by atoms with Crippen molar-refractivity contribution in [3.63, 3.8) is 0 Å². The van der Waals surface area contributed by atoms with Gasteiger partial charge in [-0.05, 0) is 58.8 Å². The molecular weight excluding hydrogens is 264 g/mol. The monoisotopic (exact) mass is 282 g/mol. The summed E-state index contributed by atoms with van der Waals surface area (Å²) in [5, 5.41) is 10.4. The molecule has 2 heterocycles. The molecule has 0 fully saturated rings. The Balaban J connectivity index is 1.61. The lowest BCUT2D eigenvalue weighted by molar-refractivity contribution is 0.546. The van der Waals surface area contributed by atoms with Crippen LogP contribution in [0.3, 0.4) is 0 Å². The minimum atomic E-state index is 0.484. The van der Waals surface area contributed by atoms with E-state index < -0.39 is 0 Å². The quantitative estimate of drug-likeness (QED) is 0.764. The zero-order valence-electron chi connectivity index (χ0n) is 11.5. The minimum Gasteiger partial charge on any atom is -0.310 e. The Morgan fingerprint density at radius 2 is 2.10 bits per heavy atom. The van der Waals surface area contributed by atoms with Gasteiger partial charge < -0.3 is 5.32 Å². The van der Waals surface area contributed by atoms with Crippen LogP contribution in [-0.4, -0.2) is 11.0 Å². The molecular formula is C17H18N2S. The van der Waals surface area contributed by atoms with Gasteiger partial charge in [-0.25, -0.2) is 0 Å². The maximum absolute atomic E-state index is 4.14. The van der Waals surface area contributed by atoms with Gasteiger partial charge in [0.2, 0.25) is 0 Å². The molecule has 0 radical (unpaired) electrons. The van der Waals surface area contributed by atoms with Crippen LogP contribution in [-0.2, 0) is 13.0 Å². The van der Waals surface area contributed by atoms with E-state index in [0.29, 0.717) is 6.04 Å². The van der Waals surface area contributed by atoms with Gasteiger partial charge in [-0.2, -0.15) is 11.3 Å². The minimum absolute atomic E-state index is 0.484. The van der Waals surface area contributed by atoms with E-state index in [1.165, 1.54) is 21.9 Å². The number of nitrogens with zero attached hydrogens (tertiary/aromatic N) is 1. The maximum atomic E-state index is 4.14. The number of hydrogen-bond donors (Lipinski definition) is 1. The summed E-state index contributed by atoms with van der Waals surface area (Å²) in [6, 6.07) is 11.3. The number of pyridine rings is 1. The first kappa shape index (κ1) is 13.3. The third-order valence-electron chi connectivity index (χ3n) is 3.48. The van der Waals surface area contributed by atoms with Crippen LogP contribution in [0.15, 0.2) is 53.5 Å². The van der Waals surface area contributed by atoms with E-state index in [4.69, 9.17) is 0 Å². The van der Waals surface area contributed by atoms with Gasteiger partial charge in [-0.1, -0.05) is 12.1 Å². The van der Waals surface area contributed by atoms with Crippen molar-refractivity contribution in [2.75, 3.05) is 0 Å². The molecule has 0 saturated carbocycles. The SMILES string of the molecule is CC(Cc1ccsc1)NCc1ccc2cnccc2c1. The second-order valence-electron chi connectivity index (χ2n) is 5.17. The standard InChI is InChI=1S/C17H18N2S/c1-13(8-15-5-7-20-12-15)19-10-14-2-3-17-11-18-6-4-16(17)9-14/h2-7,9,11-13,19H,8,10H2,1H3. The normalized spacial score (nSPS) is 12.7. The van der Waals surface area contributed by atoms with E-state index in [2.05, 4.69) is 58.3 Å². The zero-order valence-corrected chi connectivity index (χ0v) is 12.4. The lowest BCUT2D eigenvalue weighted by Crippen LogP contribution is -2.27. The van der Waals surface area contributed by atoms with Crippen molar-refractivity contribution in [1.82, 2.24) is 10.3 Å². The van der Waals surface area contributed by atoms with E-state index >= 15 is 0 Å². The molecule has 0 aliphatic heterocycles. The molecule has 0 aliphatic carbocycles. The van der Waals surface area contributed by atoms with Gasteiger partial charge in [0.1, 0.15) is 0 Å². The summed E-state index contributed by atoms with van der Waals surface area (Å²) in [6.45, 7) is 3.15. The third kappa shape index (κ3) is 3.24. The Bertz CT molecular complexity index is 676. The van der Waals surface area contributed by atoms with Crippen molar-refractivity contribution >= 4 is 22.1 Å². The Kier molecular flexibility index (Phi) is 4.09. The lowest BCUT2D eigenvalue weighted by Gasteiger charge is -2.13. The van der Waals surface area contributed by atoms with Crippen LogP contribution in [0, 0.1) is 0 Å². The fourth-order valence-electron chi connectivity index (χ4n) is 2.37. The van der Waals surface area contributed by atoms with Crippen LogP contribution in [0.25, 0.3) is 10.8 Å². The molecule has 0 amide bonds. The second-order valence-corrected chi connectivity index (χ2v) is 5.95. The van der Waals surface area contributed by atoms with Crippen LogP contribution in [0.5, 0.6) is 0 Å². The second kappa shape index (κ2) is 6.16. The fourth-order valence-corrected chi connectivity index (χ4v) is 3.05. The number of rotatable bonds is 5. The van der Waals surface area contributed by atoms with Gasteiger partial charge in [0.15, 0.2) is 0 Å². The highest BCUT2D eigenvalue weighted by Crippen LogP contribution is 2.15. The highest BCUT2D eigenvalue weighted by molar-refractivity contribution is 7.07. The van der Waals surface area contributed by atoms with Crippen molar-refractivity contribution in [2.45, 2.75) is 25.9 Å². The largest absolute Gasteiger partial charge is 0.310 e. The summed E-state index contributed by atoms with van der Waals surface area (Å²) >= 11 is 1.76. The van der Waals surface area contributed by atoms with Crippen molar-refractivity contribution in [2.24, 2.45) is 0 Å². The highest BCUT2D eigenvalue weighted by atomic mass is 32.1. The van der Waals surface area contributed by atoms with Crippen LogP contribution < -0.4 is 5.32 Å². The highest BCUT2D eigenvalue weighted by Gasteiger charge is 2.04. The molecule has 3 heteroatoms. The summed E-state index contributed by atoms with van der Waals surface area (Å²) in [6.07, 6.45) is 4.84. The number of nitrogens with one attached hydrogen (secondary N) is 1. The Morgan fingerprint density at radius 3 is 2.95 bits per heavy atom. The molecule has 3 rings (SSSR count). The average molecular weight is 282 g/mol. The van der Waals surface area contributed by atoms with Gasteiger partial charge >= 0.3 is 0 Å². The fraction of sp³-hybridized carbons (Fsp3) is 0.235. The van der Waals surface area contributed by atoms with Crippen molar-refractivity contribution in [3.05, 3.63) is 64.6 Å². The molecule has 3 aromatic rings. The molecule has 0 aliphatic rings. The maximum Gasteiger partial charge on any atom is 0.0346 e. The van der Waals surface area contributed by atoms with E-state index in [-0.39, 0.29) is 0 Å². The van der Waals surface area contributed by atoms with E-state index in [1.54, 1.807) is 11.3 Å². The summed E-state index contributed by atoms with van der Waals surface area (Å²) < 4.78 is 0. The number of fused-ring (bicyclic) bond motifs is 1.